The van der Waals surface area contributed by atoms with Gasteiger partial charge in [-0.05, 0) is 25.5 Å². The van der Waals surface area contributed by atoms with Gasteiger partial charge < -0.3 is 14.8 Å². The van der Waals surface area contributed by atoms with Gasteiger partial charge in [0.25, 0.3) is 5.91 Å². The number of ether oxygens (including phenoxy) is 2. The molecule has 1 amide bonds. The van der Waals surface area contributed by atoms with E-state index in [2.05, 4.69) is 10.4 Å². The van der Waals surface area contributed by atoms with Crippen LogP contribution < -0.4 is 5.32 Å². The van der Waals surface area contributed by atoms with E-state index in [4.69, 9.17) is 21.1 Å². The molecule has 140 valence electrons. The van der Waals surface area contributed by atoms with Gasteiger partial charge in [-0.3, -0.25) is 9.48 Å². The van der Waals surface area contributed by atoms with Crippen LogP contribution in [0.1, 0.15) is 27.3 Å². The summed E-state index contributed by atoms with van der Waals surface area (Å²) in [5.74, 6) is -0.957. The smallest absolute Gasteiger partial charge is 0.342 e. The van der Waals surface area contributed by atoms with Crippen LogP contribution in [0, 0.1) is 13.8 Å². The standard InChI is InChI=1S/C18H22ClN3O4/c1-12-17(18(24)26-11-16(23)20-8-9-25-3)13(2)22(21-12)10-14-6-4-5-7-15(14)19/h4-7H,8-11H2,1-3H3,(H,20,23). The number of hydrogen-bond acceptors (Lipinski definition) is 5. The second-order valence-corrected chi connectivity index (χ2v) is 6.12. The van der Waals surface area contributed by atoms with E-state index in [0.717, 1.165) is 5.56 Å². The summed E-state index contributed by atoms with van der Waals surface area (Å²) in [6, 6.07) is 7.46. The monoisotopic (exact) mass is 379 g/mol. The zero-order chi connectivity index (χ0) is 19.1. The average molecular weight is 380 g/mol. The fourth-order valence-electron chi connectivity index (χ4n) is 2.48. The van der Waals surface area contributed by atoms with E-state index in [1.54, 1.807) is 24.6 Å². The summed E-state index contributed by atoms with van der Waals surface area (Å²) in [6.07, 6.45) is 0. The number of carbonyl (C=O) groups excluding carboxylic acids is 2. The molecule has 1 heterocycles. The fraction of sp³-hybridized carbons (Fsp3) is 0.389. The Balaban J connectivity index is 2.03. The summed E-state index contributed by atoms with van der Waals surface area (Å²) >= 11 is 6.19. The first-order chi connectivity index (χ1) is 12.4. The van der Waals surface area contributed by atoms with Crippen LogP contribution in [0.2, 0.25) is 5.02 Å². The van der Waals surface area contributed by atoms with E-state index < -0.39 is 5.97 Å². The highest BCUT2D eigenvalue weighted by molar-refractivity contribution is 6.31. The maximum Gasteiger partial charge on any atom is 0.342 e. The normalized spacial score (nSPS) is 10.6. The summed E-state index contributed by atoms with van der Waals surface area (Å²) in [6.45, 7) is 4.36. The van der Waals surface area contributed by atoms with Crippen LogP contribution in [0.25, 0.3) is 0 Å². The number of nitrogens with zero attached hydrogens (tertiary/aromatic N) is 2. The number of carbonyl (C=O) groups is 2. The Bertz CT molecular complexity index is 789. The highest BCUT2D eigenvalue weighted by Crippen LogP contribution is 2.20. The van der Waals surface area contributed by atoms with Crippen molar-refractivity contribution in [1.29, 1.82) is 0 Å². The number of rotatable bonds is 8. The molecule has 2 aromatic rings. The first kappa shape index (κ1) is 19.9. The van der Waals surface area contributed by atoms with Gasteiger partial charge in [0.05, 0.1) is 24.5 Å². The lowest BCUT2D eigenvalue weighted by molar-refractivity contribution is -0.124. The Morgan fingerprint density at radius 2 is 2.00 bits per heavy atom. The van der Waals surface area contributed by atoms with Crippen molar-refractivity contribution in [3.05, 3.63) is 51.8 Å². The van der Waals surface area contributed by atoms with E-state index in [1.807, 2.05) is 18.2 Å². The van der Waals surface area contributed by atoms with Crippen molar-refractivity contribution >= 4 is 23.5 Å². The maximum atomic E-state index is 12.3. The quantitative estimate of drug-likeness (QED) is 0.561. The van der Waals surface area contributed by atoms with Gasteiger partial charge in [0, 0.05) is 18.7 Å². The Labute approximate surface area is 157 Å². The predicted molar refractivity (Wildman–Crippen MR) is 97.4 cm³/mol. The van der Waals surface area contributed by atoms with Gasteiger partial charge in [-0.1, -0.05) is 29.8 Å². The molecule has 1 aromatic heterocycles. The molecule has 0 aliphatic carbocycles. The molecule has 0 aliphatic rings. The molecule has 0 radical (unpaired) electrons. The number of benzene rings is 1. The van der Waals surface area contributed by atoms with Gasteiger partial charge in [0.1, 0.15) is 5.56 Å². The maximum absolute atomic E-state index is 12.3. The largest absolute Gasteiger partial charge is 0.452 e. The lowest BCUT2D eigenvalue weighted by atomic mass is 10.2. The van der Waals surface area contributed by atoms with Crippen molar-refractivity contribution < 1.29 is 19.1 Å². The van der Waals surface area contributed by atoms with Gasteiger partial charge in [-0.25, -0.2) is 4.79 Å². The second kappa shape index (κ2) is 9.35. The molecule has 0 spiro atoms. The molecule has 1 N–H and O–H groups in total. The van der Waals surface area contributed by atoms with Crippen LogP contribution in [0.3, 0.4) is 0 Å². The number of halogens is 1. The van der Waals surface area contributed by atoms with Gasteiger partial charge >= 0.3 is 5.97 Å². The van der Waals surface area contributed by atoms with Gasteiger partial charge in [0.2, 0.25) is 0 Å². The number of aromatic nitrogens is 2. The molecule has 0 fully saturated rings. The van der Waals surface area contributed by atoms with E-state index in [1.165, 1.54) is 7.11 Å². The average Bonchev–Trinajstić information content (AvgIpc) is 2.89. The van der Waals surface area contributed by atoms with Gasteiger partial charge in [-0.2, -0.15) is 5.10 Å². The molecule has 26 heavy (non-hydrogen) atoms. The molecule has 0 bridgehead atoms. The van der Waals surface area contributed by atoms with Crippen LogP contribution in [0.15, 0.2) is 24.3 Å². The minimum atomic E-state index is -0.577. The van der Waals surface area contributed by atoms with Crippen molar-refractivity contribution in [1.82, 2.24) is 15.1 Å². The summed E-state index contributed by atoms with van der Waals surface area (Å²) in [5, 5.41) is 7.62. The number of methoxy groups -OCH3 is 1. The minimum absolute atomic E-state index is 0.350. The van der Waals surface area contributed by atoms with Crippen molar-refractivity contribution in [3.8, 4) is 0 Å². The second-order valence-electron chi connectivity index (χ2n) is 5.71. The first-order valence-electron chi connectivity index (χ1n) is 8.14. The van der Waals surface area contributed by atoms with E-state index in [9.17, 15) is 9.59 Å². The third-order valence-corrected chi connectivity index (χ3v) is 4.20. The minimum Gasteiger partial charge on any atom is -0.452 e. The number of hydrogen-bond donors (Lipinski definition) is 1. The molecule has 7 nitrogen and oxygen atoms in total. The summed E-state index contributed by atoms with van der Waals surface area (Å²) in [7, 11) is 1.54. The number of esters is 1. The van der Waals surface area contributed by atoms with E-state index in [0.29, 0.717) is 41.7 Å². The molecule has 0 saturated heterocycles. The van der Waals surface area contributed by atoms with Crippen LogP contribution >= 0.6 is 11.6 Å². The molecule has 8 heteroatoms. The Hall–Kier alpha value is -2.38. The van der Waals surface area contributed by atoms with Crippen molar-refractivity contribution in [2.75, 3.05) is 26.9 Å². The molecule has 0 aliphatic heterocycles. The summed E-state index contributed by atoms with van der Waals surface area (Å²) in [5.41, 5.74) is 2.46. The predicted octanol–water partition coefficient (Wildman–Crippen LogP) is 2.12. The molecule has 0 unspecified atom stereocenters. The molecule has 0 atom stereocenters. The van der Waals surface area contributed by atoms with Gasteiger partial charge in [-0.15, -0.1) is 0 Å². The van der Waals surface area contributed by atoms with Crippen LogP contribution in [-0.4, -0.2) is 48.5 Å². The highest BCUT2D eigenvalue weighted by Gasteiger charge is 2.21. The lowest BCUT2D eigenvalue weighted by Gasteiger charge is -2.08. The number of amides is 1. The summed E-state index contributed by atoms with van der Waals surface area (Å²) in [4.78, 5) is 24.0. The Morgan fingerprint density at radius 3 is 2.69 bits per heavy atom. The van der Waals surface area contributed by atoms with Crippen LogP contribution in [-0.2, 0) is 20.8 Å². The molecular formula is C18H22ClN3O4. The Morgan fingerprint density at radius 1 is 1.27 bits per heavy atom. The van der Waals surface area contributed by atoms with E-state index >= 15 is 0 Å². The third kappa shape index (κ3) is 5.06. The topological polar surface area (TPSA) is 82.4 Å². The molecular weight excluding hydrogens is 358 g/mol. The Kier molecular flexibility index (Phi) is 7.17. The zero-order valence-electron chi connectivity index (χ0n) is 15.0. The number of nitrogens with one attached hydrogen (secondary N) is 1. The molecule has 1 aromatic carbocycles. The summed E-state index contributed by atoms with van der Waals surface area (Å²) < 4.78 is 11.6. The lowest BCUT2D eigenvalue weighted by Crippen LogP contribution is -2.31. The number of aryl methyl sites for hydroxylation is 1. The van der Waals surface area contributed by atoms with Crippen LogP contribution in [0.4, 0.5) is 0 Å². The molecule has 2 rings (SSSR count). The SMILES string of the molecule is COCCNC(=O)COC(=O)c1c(C)nn(Cc2ccccc2Cl)c1C. The zero-order valence-corrected chi connectivity index (χ0v) is 15.8. The highest BCUT2D eigenvalue weighted by atomic mass is 35.5. The van der Waals surface area contributed by atoms with Crippen molar-refractivity contribution in [3.63, 3.8) is 0 Å². The van der Waals surface area contributed by atoms with Gasteiger partial charge in [0.15, 0.2) is 6.61 Å². The molecule has 0 saturated carbocycles. The van der Waals surface area contributed by atoms with Crippen molar-refractivity contribution in [2.24, 2.45) is 0 Å². The van der Waals surface area contributed by atoms with Crippen molar-refractivity contribution in [2.45, 2.75) is 20.4 Å². The van der Waals surface area contributed by atoms with E-state index in [-0.39, 0.29) is 12.5 Å². The third-order valence-electron chi connectivity index (χ3n) is 3.83. The van der Waals surface area contributed by atoms with Crippen LogP contribution in [0.5, 0.6) is 0 Å². The first-order valence-corrected chi connectivity index (χ1v) is 8.52. The fourth-order valence-corrected chi connectivity index (χ4v) is 2.68.